The summed E-state index contributed by atoms with van der Waals surface area (Å²) in [5, 5.41) is 3.51. The van der Waals surface area contributed by atoms with Crippen LogP contribution < -0.4 is 14.8 Å². The summed E-state index contributed by atoms with van der Waals surface area (Å²) < 4.78 is 12.2. The Labute approximate surface area is 129 Å². The van der Waals surface area contributed by atoms with Crippen molar-refractivity contribution in [3.63, 3.8) is 0 Å². The molecule has 0 unspecified atom stereocenters. The van der Waals surface area contributed by atoms with Gasteiger partial charge in [0, 0.05) is 19.1 Å². The number of halogens is 1. The van der Waals surface area contributed by atoms with Crippen LogP contribution in [-0.2, 0) is 6.54 Å². The summed E-state index contributed by atoms with van der Waals surface area (Å²) in [6.45, 7) is 2.39. The molecule has 2 rings (SSSR count). The fourth-order valence-electron chi connectivity index (χ4n) is 1.90. The molecule has 20 heavy (non-hydrogen) atoms. The zero-order valence-electron chi connectivity index (χ0n) is 12.4. The summed E-state index contributed by atoms with van der Waals surface area (Å²) in [5.41, 5.74) is 1.21. The number of hydrogen-bond donors (Lipinski definition) is 1. The molecule has 4 nitrogen and oxygen atoms in total. The van der Waals surface area contributed by atoms with Gasteiger partial charge in [-0.1, -0.05) is 0 Å². The number of benzene rings is 1. The average Bonchev–Trinajstić information content (AvgIpc) is 3.22. The average molecular weight is 343 g/mol. The minimum Gasteiger partial charge on any atom is -0.493 e. The fraction of sp³-hybridized carbons (Fsp3) is 0.600. The number of rotatable bonds is 8. The lowest BCUT2D eigenvalue weighted by Crippen LogP contribution is -2.20. The Kier molecular flexibility index (Phi) is 5.69. The Morgan fingerprint density at radius 1 is 1.35 bits per heavy atom. The summed E-state index contributed by atoms with van der Waals surface area (Å²) in [4.78, 5) is 2.09. The fourth-order valence-corrected chi connectivity index (χ4v) is 2.50. The Balaban J connectivity index is 2.01. The molecule has 0 heterocycles. The first-order valence-corrected chi connectivity index (χ1v) is 7.76. The van der Waals surface area contributed by atoms with Crippen molar-refractivity contribution >= 4 is 15.9 Å². The number of methoxy groups -OCH3 is 1. The molecule has 0 saturated heterocycles. The molecule has 5 heteroatoms. The maximum atomic E-state index is 5.83. The van der Waals surface area contributed by atoms with Crippen LogP contribution in [0.15, 0.2) is 16.6 Å². The predicted molar refractivity (Wildman–Crippen MR) is 84.6 cm³/mol. The van der Waals surface area contributed by atoms with E-state index < -0.39 is 0 Å². The molecule has 0 radical (unpaired) electrons. The van der Waals surface area contributed by atoms with Crippen LogP contribution in [0.25, 0.3) is 0 Å². The quantitative estimate of drug-likeness (QED) is 0.787. The normalized spacial score (nSPS) is 14.7. The van der Waals surface area contributed by atoms with Gasteiger partial charge in [-0.15, -0.1) is 0 Å². The van der Waals surface area contributed by atoms with E-state index in [4.69, 9.17) is 9.47 Å². The molecule has 1 aromatic rings. The summed E-state index contributed by atoms with van der Waals surface area (Å²) in [6.07, 6.45) is 2.59. The zero-order chi connectivity index (χ0) is 14.5. The van der Waals surface area contributed by atoms with Crippen molar-refractivity contribution < 1.29 is 9.47 Å². The van der Waals surface area contributed by atoms with E-state index in [-0.39, 0.29) is 0 Å². The first-order chi connectivity index (χ1) is 9.60. The van der Waals surface area contributed by atoms with Crippen molar-refractivity contribution in [2.24, 2.45) is 0 Å². The number of nitrogens with zero attached hydrogens (tertiary/aromatic N) is 1. The zero-order valence-corrected chi connectivity index (χ0v) is 14.0. The molecule has 1 aromatic carbocycles. The van der Waals surface area contributed by atoms with Gasteiger partial charge in [0.1, 0.15) is 6.61 Å². The molecule has 0 amide bonds. The van der Waals surface area contributed by atoms with E-state index in [1.807, 2.05) is 20.2 Å². The van der Waals surface area contributed by atoms with Gasteiger partial charge in [-0.05, 0) is 60.6 Å². The highest BCUT2D eigenvalue weighted by atomic mass is 79.9. The largest absolute Gasteiger partial charge is 0.493 e. The van der Waals surface area contributed by atoms with Gasteiger partial charge in [0.2, 0.25) is 0 Å². The van der Waals surface area contributed by atoms with Gasteiger partial charge in [0.25, 0.3) is 0 Å². The van der Waals surface area contributed by atoms with Gasteiger partial charge in [0.15, 0.2) is 11.5 Å². The second-order valence-electron chi connectivity index (χ2n) is 5.42. The van der Waals surface area contributed by atoms with Gasteiger partial charge >= 0.3 is 0 Å². The Hall–Kier alpha value is -0.780. The summed E-state index contributed by atoms with van der Waals surface area (Å²) in [6, 6.07) is 4.85. The van der Waals surface area contributed by atoms with Crippen LogP contribution in [0.5, 0.6) is 11.5 Å². The van der Waals surface area contributed by atoms with Crippen molar-refractivity contribution in [2.75, 3.05) is 34.4 Å². The summed E-state index contributed by atoms with van der Waals surface area (Å²) >= 11 is 3.58. The Bertz CT molecular complexity index is 448. The predicted octanol–water partition coefficient (Wildman–Crippen LogP) is 2.65. The molecule has 1 aliphatic rings. The van der Waals surface area contributed by atoms with Crippen LogP contribution in [0.1, 0.15) is 18.4 Å². The standard InChI is InChI=1S/C15H23BrN2O2/c1-18(2)6-7-20-15-13(16)8-11(9-14(15)19-3)10-17-12-4-5-12/h8-9,12,17H,4-7,10H2,1-3H3. The molecule has 112 valence electrons. The van der Waals surface area contributed by atoms with Crippen LogP contribution >= 0.6 is 15.9 Å². The van der Waals surface area contributed by atoms with Crippen molar-refractivity contribution in [3.05, 3.63) is 22.2 Å². The second-order valence-corrected chi connectivity index (χ2v) is 6.27. The molecular weight excluding hydrogens is 320 g/mol. The van der Waals surface area contributed by atoms with Gasteiger partial charge in [0.05, 0.1) is 11.6 Å². The monoisotopic (exact) mass is 342 g/mol. The van der Waals surface area contributed by atoms with Crippen LogP contribution in [0, 0.1) is 0 Å². The first kappa shape index (κ1) is 15.6. The van der Waals surface area contributed by atoms with E-state index in [1.165, 1.54) is 18.4 Å². The first-order valence-electron chi connectivity index (χ1n) is 6.97. The van der Waals surface area contributed by atoms with Gasteiger partial charge < -0.3 is 19.7 Å². The van der Waals surface area contributed by atoms with E-state index in [1.54, 1.807) is 7.11 Å². The third kappa shape index (κ3) is 4.65. The van der Waals surface area contributed by atoms with Crippen LogP contribution in [0.4, 0.5) is 0 Å². The molecule has 0 spiro atoms. The van der Waals surface area contributed by atoms with Gasteiger partial charge in [-0.3, -0.25) is 0 Å². The maximum Gasteiger partial charge on any atom is 0.175 e. The number of likely N-dealkylation sites (N-methyl/N-ethyl adjacent to an activating group) is 1. The maximum absolute atomic E-state index is 5.83. The smallest absolute Gasteiger partial charge is 0.175 e. The molecule has 0 aromatic heterocycles. The second kappa shape index (κ2) is 7.29. The van der Waals surface area contributed by atoms with Crippen molar-refractivity contribution in [2.45, 2.75) is 25.4 Å². The van der Waals surface area contributed by atoms with Crippen molar-refractivity contribution in [1.82, 2.24) is 10.2 Å². The summed E-state index contributed by atoms with van der Waals surface area (Å²) in [5.74, 6) is 1.57. The van der Waals surface area contributed by atoms with Crippen LogP contribution in [0.3, 0.4) is 0 Å². The highest BCUT2D eigenvalue weighted by Gasteiger charge is 2.20. The third-order valence-electron chi connectivity index (χ3n) is 3.25. The van der Waals surface area contributed by atoms with Gasteiger partial charge in [-0.2, -0.15) is 0 Å². The van der Waals surface area contributed by atoms with E-state index in [2.05, 4.69) is 32.2 Å². The molecule has 1 saturated carbocycles. The molecule has 0 atom stereocenters. The van der Waals surface area contributed by atoms with Crippen LogP contribution in [0.2, 0.25) is 0 Å². The number of hydrogen-bond acceptors (Lipinski definition) is 4. The lowest BCUT2D eigenvalue weighted by molar-refractivity contribution is 0.249. The SMILES string of the molecule is COc1cc(CNC2CC2)cc(Br)c1OCCN(C)C. The van der Waals surface area contributed by atoms with E-state index in [0.29, 0.717) is 12.6 Å². The minimum absolute atomic E-state index is 0.641. The number of ether oxygens (including phenoxy) is 2. The lowest BCUT2D eigenvalue weighted by atomic mass is 10.2. The summed E-state index contributed by atoms with van der Waals surface area (Å²) in [7, 11) is 5.74. The third-order valence-corrected chi connectivity index (χ3v) is 3.84. The lowest BCUT2D eigenvalue weighted by Gasteiger charge is -2.16. The van der Waals surface area contributed by atoms with E-state index in [0.717, 1.165) is 29.1 Å². The highest BCUT2D eigenvalue weighted by molar-refractivity contribution is 9.10. The topological polar surface area (TPSA) is 33.7 Å². The minimum atomic E-state index is 0.641. The van der Waals surface area contributed by atoms with E-state index >= 15 is 0 Å². The molecule has 1 N–H and O–H groups in total. The van der Waals surface area contributed by atoms with E-state index in [9.17, 15) is 0 Å². The van der Waals surface area contributed by atoms with Crippen LogP contribution in [-0.4, -0.2) is 45.3 Å². The number of nitrogens with one attached hydrogen (secondary N) is 1. The molecular formula is C15H23BrN2O2. The van der Waals surface area contributed by atoms with Crippen molar-refractivity contribution in [3.8, 4) is 11.5 Å². The van der Waals surface area contributed by atoms with Crippen molar-refractivity contribution in [1.29, 1.82) is 0 Å². The molecule has 0 aliphatic heterocycles. The highest BCUT2D eigenvalue weighted by Crippen LogP contribution is 2.36. The Morgan fingerprint density at radius 3 is 2.70 bits per heavy atom. The molecule has 1 aliphatic carbocycles. The van der Waals surface area contributed by atoms with Gasteiger partial charge in [-0.25, -0.2) is 0 Å². The molecule has 1 fully saturated rings. The molecule has 0 bridgehead atoms. The Morgan fingerprint density at radius 2 is 2.10 bits per heavy atom.